The second-order valence-electron chi connectivity index (χ2n) is 2.73. The van der Waals surface area contributed by atoms with Crippen molar-refractivity contribution in [2.45, 2.75) is 26.1 Å². The summed E-state index contributed by atoms with van der Waals surface area (Å²) in [5, 5.41) is 8.80. The fourth-order valence-corrected chi connectivity index (χ4v) is 1.09. The molecular weight excluding hydrogens is 142 g/mol. The molecule has 1 heterocycles. The summed E-state index contributed by atoms with van der Waals surface area (Å²) < 4.78 is 0. The van der Waals surface area contributed by atoms with E-state index in [0.29, 0.717) is 0 Å². The van der Waals surface area contributed by atoms with Crippen molar-refractivity contribution in [3.8, 4) is 0 Å². The van der Waals surface area contributed by atoms with Crippen LogP contribution in [0.5, 0.6) is 0 Å². The van der Waals surface area contributed by atoms with Crippen molar-refractivity contribution >= 4 is 5.91 Å². The van der Waals surface area contributed by atoms with Gasteiger partial charge in [0, 0.05) is 6.92 Å². The zero-order valence-electron chi connectivity index (χ0n) is 6.77. The third kappa shape index (κ3) is 1.86. The lowest BCUT2D eigenvalue weighted by Gasteiger charge is -2.14. The zero-order valence-corrected chi connectivity index (χ0v) is 6.77. The number of carbonyl (C=O) groups excluding carboxylic acids is 1. The average molecular weight is 155 g/mol. The summed E-state index contributed by atoms with van der Waals surface area (Å²) in [5.74, 6) is 0.724. The fourth-order valence-electron chi connectivity index (χ4n) is 1.09. The number of amides is 1. The van der Waals surface area contributed by atoms with Gasteiger partial charge in [0.25, 0.3) is 0 Å². The predicted octanol–water partition coefficient (Wildman–Crippen LogP) is -0.499. The van der Waals surface area contributed by atoms with E-state index in [4.69, 9.17) is 0 Å². The fraction of sp³-hybridized carbons (Fsp3) is 0.571. The largest absolute Gasteiger partial charge is 0.366 e. The van der Waals surface area contributed by atoms with Crippen LogP contribution in [0, 0.1) is 0 Å². The lowest BCUT2D eigenvalue weighted by atomic mass is 10.3. The van der Waals surface area contributed by atoms with Gasteiger partial charge in [0.15, 0.2) is 0 Å². The third-order valence-electron chi connectivity index (χ3n) is 1.59. The Labute approximate surface area is 66.0 Å². The molecule has 62 valence electrons. The van der Waals surface area contributed by atoms with Gasteiger partial charge in [-0.15, -0.1) is 0 Å². The first-order valence-electron chi connectivity index (χ1n) is 3.58. The first kappa shape index (κ1) is 7.91. The minimum absolute atomic E-state index is 0.0278. The van der Waals surface area contributed by atoms with Crippen molar-refractivity contribution in [3.63, 3.8) is 0 Å². The summed E-state index contributed by atoms with van der Waals surface area (Å²) in [6.07, 6.45) is -0.0278. The van der Waals surface area contributed by atoms with Crippen molar-refractivity contribution in [2.24, 2.45) is 0 Å². The maximum atomic E-state index is 10.6. The van der Waals surface area contributed by atoms with E-state index in [9.17, 15) is 4.79 Å². The molecule has 0 aromatic carbocycles. The van der Waals surface area contributed by atoms with Crippen molar-refractivity contribution in [1.82, 2.24) is 16.0 Å². The van der Waals surface area contributed by atoms with Crippen LogP contribution in [0.25, 0.3) is 0 Å². The van der Waals surface area contributed by atoms with Gasteiger partial charge in [0.2, 0.25) is 5.91 Å². The molecule has 3 N–H and O–H groups in total. The predicted molar refractivity (Wildman–Crippen MR) is 42.5 cm³/mol. The maximum Gasteiger partial charge on any atom is 0.218 e. The number of carbonyl (C=O) groups is 1. The zero-order chi connectivity index (χ0) is 8.43. The summed E-state index contributed by atoms with van der Waals surface area (Å²) in [6.45, 7) is 7.16. The van der Waals surface area contributed by atoms with Crippen molar-refractivity contribution < 1.29 is 4.79 Å². The summed E-state index contributed by atoms with van der Waals surface area (Å²) >= 11 is 0. The van der Waals surface area contributed by atoms with Crippen molar-refractivity contribution in [1.29, 1.82) is 0 Å². The Bertz CT molecular complexity index is 190. The summed E-state index contributed by atoms with van der Waals surface area (Å²) in [4.78, 5) is 10.6. The van der Waals surface area contributed by atoms with E-state index in [-0.39, 0.29) is 18.1 Å². The molecule has 0 aliphatic carbocycles. The molecule has 2 atom stereocenters. The lowest BCUT2D eigenvalue weighted by Crippen LogP contribution is -2.46. The van der Waals surface area contributed by atoms with Crippen molar-refractivity contribution in [2.75, 3.05) is 0 Å². The molecule has 1 aliphatic rings. The highest BCUT2D eigenvalue weighted by Crippen LogP contribution is 2.01. The van der Waals surface area contributed by atoms with Crippen LogP contribution in [0.1, 0.15) is 13.8 Å². The molecule has 1 saturated heterocycles. The molecule has 1 aliphatic heterocycles. The number of nitrogens with one attached hydrogen (secondary N) is 3. The van der Waals surface area contributed by atoms with Crippen LogP contribution in [0.4, 0.5) is 0 Å². The van der Waals surface area contributed by atoms with E-state index in [1.165, 1.54) is 6.92 Å². The molecule has 2 unspecified atom stereocenters. The molecule has 4 heteroatoms. The van der Waals surface area contributed by atoms with E-state index in [1.807, 2.05) is 6.92 Å². The summed E-state index contributed by atoms with van der Waals surface area (Å²) in [7, 11) is 0. The van der Waals surface area contributed by atoms with E-state index in [0.717, 1.165) is 5.82 Å². The minimum atomic E-state index is -0.0362. The van der Waals surface area contributed by atoms with Gasteiger partial charge in [0.1, 0.15) is 6.17 Å². The highest BCUT2D eigenvalue weighted by molar-refractivity contribution is 5.73. The smallest absolute Gasteiger partial charge is 0.218 e. The van der Waals surface area contributed by atoms with Gasteiger partial charge >= 0.3 is 0 Å². The van der Waals surface area contributed by atoms with Crippen LogP contribution in [-0.4, -0.2) is 18.1 Å². The first-order chi connectivity index (χ1) is 5.09. The molecule has 0 aromatic heterocycles. The molecule has 0 aromatic rings. The Balaban J connectivity index is 2.46. The van der Waals surface area contributed by atoms with Gasteiger partial charge in [-0.3, -0.25) is 4.79 Å². The molecule has 11 heavy (non-hydrogen) atoms. The van der Waals surface area contributed by atoms with Crippen LogP contribution in [0.15, 0.2) is 12.4 Å². The van der Waals surface area contributed by atoms with Crippen LogP contribution in [0.2, 0.25) is 0 Å². The SMILES string of the molecule is C=C1NC(C)C(NC(C)=O)N1. The Morgan fingerprint density at radius 3 is 2.64 bits per heavy atom. The highest BCUT2D eigenvalue weighted by Gasteiger charge is 2.24. The normalized spacial score (nSPS) is 29.1. The molecule has 0 spiro atoms. The molecule has 0 saturated carbocycles. The maximum absolute atomic E-state index is 10.6. The van der Waals surface area contributed by atoms with E-state index in [1.54, 1.807) is 0 Å². The van der Waals surface area contributed by atoms with Gasteiger partial charge in [0.05, 0.1) is 11.9 Å². The van der Waals surface area contributed by atoms with E-state index in [2.05, 4.69) is 22.5 Å². The van der Waals surface area contributed by atoms with E-state index < -0.39 is 0 Å². The Hall–Kier alpha value is -1.19. The first-order valence-corrected chi connectivity index (χ1v) is 3.58. The van der Waals surface area contributed by atoms with Gasteiger partial charge in [-0.2, -0.15) is 0 Å². The molecule has 1 rings (SSSR count). The highest BCUT2D eigenvalue weighted by atomic mass is 16.1. The summed E-state index contributed by atoms with van der Waals surface area (Å²) in [6, 6.07) is 0.200. The number of hydrogen-bond donors (Lipinski definition) is 3. The number of hydrogen-bond acceptors (Lipinski definition) is 3. The molecule has 0 radical (unpaired) electrons. The number of rotatable bonds is 1. The Morgan fingerprint density at radius 2 is 2.27 bits per heavy atom. The van der Waals surface area contributed by atoms with Crippen LogP contribution >= 0.6 is 0 Å². The van der Waals surface area contributed by atoms with Crippen LogP contribution in [0.3, 0.4) is 0 Å². The minimum Gasteiger partial charge on any atom is -0.366 e. The second kappa shape index (κ2) is 2.82. The molecule has 1 fully saturated rings. The molecule has 0 bridgehead atoms. The molecular formula is C7H13N3O. The lowest BCUT2D eigenvalue weighted by molar-refractivity contribution is -0.119. The van der Waals surface area contributed by atoms with Gasteiger partial charge < -0.3 is 16.0 Å². The molecule has 4 nitrogen and oxygen atoms in total. The third-order valence-corrected chi connectivity index (χ3v) is 1.59. The van der Waals surface area contributed by atoms with Crippen molar-refractivity contribution in [3.05, 3.63) is 12.4 Å². The van der Waals surface area contributed by atoms with E-state index >= 15 is 0 Å². The summed E-state index contributed by atoms with van der Waals surface area (Å²) in [5.41, 5.74) is 0. The molecule has 1 amide bonds. The van der Waals surface area contributed by atoms with Gasteiger partial charge in [-0.25, -0.2) is 0 Å². The van der Waals surface area contributed by atoms with Crippen LogP contribution < -0.4 is 16.0 Å². The topological polar surface area (TPSA) is 53.2 Å². The monoisotopic (exact) mass is 155 g/mol. The standard InChI is InChI=1S/C7H13N3O/c1-4-7(10-6(3)11)9-5(2)8-4/h4,7-9H,2H2,1,3H3,(H,10,11). The Kier molecular flexibility index (Phi) is 2.03. The van der Waals surface area contributed by atoms with Crippen LogP contribution in [-0.2, 0) is 4.79 Å². The van der Waals surface area contributed by atoms with Gasteiger partial charge in [-0.1, -0.05) is 6.58 Å². The second-order valence-corrected chi connectivity index (χ2v) is 2.73. The Morgan fingerprint density at radius 1 is 1.64 bits per heavy atom. The quantitative estimate of drug-likeness (QED) is 0.478. The average Bonchev–Trinajstić information content (AvgIpc) is 2.09. The van der Waals surface area contributed by atoms with Gasteiger partial charge in [-0.05, 0) is 6.92 Å².